The first kappa shape index (κ1) is 14.4. The third-order valence-corrected chi connectivity index (χ3v) is 4.18. The Labute approximate surface area is 113 Å². The Morgan fingerprint density at radius 2 is 2.11 bits per heavy atom. The minimum atomic E-state index is -0.779. The number of hydrogen-bond donors (Lipinski definition) is 1. The molecule has 1 aliphatic heterocycles. The lowest BCUT2D eigenvalue weighted by Gasteiger charge is -2.34. The topological polar surface area (TPSA) is 15.3 Å². The van der Waals surface area contributed by atoms with E-state index in [0.29, 0.717) is 12.1 Å². The van der Waals surface area contributed by atoms with E-state index in [1.807, 2.05) is 0 Å². The van der Waals surface area contributed by atoms with E-state index in [1.165, 1.54) is 0 Å². The number of nitrogens with zero attached hydrogens (tertiary/aromatic N) is 1. The second-order valence-corrected chi connectivity index (χ2v) is 5.85. The van der Waals surface area contributed by atoms with Crippen molar-refractivity contribution in [3.63, 3.8) is 0 Å². The van der Waals surface area contributed by atoms with E-state index in [2.05, 4.69) is 24.1 Å². The molecule has 0 aliphatic carbocycles. The fraction of sp³-hybridized carbons (Fsp3) is 0.600. The van der Waals surface area contributed by atoms with Crippen molar-refractivity contribution >= 4 is 0 Å². The van der Waals surface area contributed by atoms with Crippen LogP contribution in [-0.4, -0.2) is 30.6 Å². The van der Waals surface area contributed by atoms with Crippen molar-refractivity contribution < 1.29 is 8.78 Å². The molecule has 1 unspecified atom stereocenters. The van der Waals surface area contributed by atoms with E-state index in [9.17, 15) is 8.78 Å². The zero-order valence-corrected chi connectivity index (χ0v) is 11.8. The lowest BCUT2D eigenvalue weighted by molar-refractivity contribution is 0.157. The molecule has 1 atom stereocenters. The molecule has 106 valence electrons. The summed E-state index contributed by atoms with van der Waals surface area (Å²) in [5.41, 5.74) is 0.545. The maximum atomic E-state index is 13.9. The van der Waals surface area contributed by atoms with Gasteiger partial charge in [-0.05, 0) is 46.3 Å². The van der Waals surface area contributed by atoms with Crippen molar-refractivity contribution in [3.05, 3.63) is 35.4 Å². The third kappa shape index (κ3) is 2.95. The van der Waals surface area contributed by atoms with Crippen molar-refractivity contribution in [3.8, 4) is 0 Å². The summed E-state index contributed by atoms with van der Waals surface area (Å²) in [6.07, 6.45) is 2.31. The highest BCUT2D eigenvalue weighted by molar-refractivity contribution is 5.23. The highest BCUT2D eigenvalue weighted by atomic mass is 19.2. The number of likely N-dealkylation sites (tertiary alicyclic amines) is 1. The number of halogens is 2. The van der Waals surface area contributed by atoms with Gasteiger partial charge in [-0.3, -0.25) is 4.90 Å². The summed E-state index contributed by atoms with van der Waals surface area (Å²) in [4.78, 5) is 2.35. The van der Waals surface area contributed by atoms with E-state index in [0.717, 1.165) is 25.5 Å². The van der Waals surface area contributed by atoms with Gasteiger partial charge in [0.25, 0.3) is 0 Å². The molecule has 19 heavy (non-hydrogen) atoms. The Bertz CT molecular complexity index is 446. The molecule has 1 heterocycles. The van der Waals surface area contributed by atoms with E-state index < -0.39 is 11.6 Å². The van der Waals surface area contributed by atoms with Crippen molar-refractivity contribution in [2.45, 2.75) is 38.3 Å². The van der Waals surface area contributed by atoms with Gasteiger partial charge in [0.1, 0.15) is 0 Å². The second-order valence-electron chi connectivity index (χ2n) is 5.85. The molecular weight excluding hydrogens is 246 g/mol. The lowest BCUT2D eigenvalue weighted by atomic mass is 10.00. The minimum absolute atomic E-state index is 0.138. The SMILES string of the molecule is CNC(CN1CCCC1(C)C)c1cccc(F)c1F. The normalized spacial score (nSPS) is 20.7. The molecular formula is C15H22F2N2. The summed E-state index contributed by atoms with van der Waals surface area (Å²) in [7, 11) is 1.79. The quantitative estimate of drug-likeness (QED) is 0.902. The summed E-state index contributed by atoms with van der Waals surface area (Å²) in [5, 5.41) is 3.10. The van der Waals surface area contributed by atoms with E-state index >= 15 is 0 Å². The number of nitrogens with one attached hydrogen (secondary N) is 1. The Kier molecular flexibility index (Phi) is 4.21. The van der Waals surface area contributed by atoms with Gasteiger partial charge in [0.05, 0.1) is 0 Å². The van der Waals surface area contributed by atoms with Crippen LogP contribution >= 0.6 is 0 Å². The monoisotopic (exact) mass is 268 g/mol. The average Bonchev–Trinajstić information content (AvgIpc) is 2.69. The predicted molar refractivity (Wildman–Crippen MR) is 73.0 cm³/mol. The van der Waals surface area contributed by atoms with Gasteiger partial charge in [0.15, 0.2) is 11.6 Å². The lowest BCUT2D eigenvalue weighted by Crippen LogP contribution is -2.43. The number of hydrogen-bond acceptors (Lipinski definition) is 2. The largest absolute Gasteiger partial charge is 0.312 e. The summed E-state index contributed by atoms with van der Waals surface area (Å²) in [5.74, 6) is -1.52. The number of likely N-dealkylation sites (N-methyl/N-ethyl adjacent to an activating group) is 1. The highest BCUT2D eigenvalue weighted by Gasteiger charge is 2.33. The molecule has 2 rings (SSSR count). The summed E-state index contributed by atoms with van der Waals surface area (Å²) >= 11 is 0. The molecule has 0 bridgehead atoms. The van der Waals surface area contributed by atoms with Gasteiger partial charge in [0, 0.05) is 23.7 Å². The Hall–Kier alpha value is -1.00. The molecule has 0 radical (unpaired) electrons. The van der Waals surface area contributed by atoms with Crippen molar-refractivity contribution in [1.29, 1.82) is 0 Å². The Morgan fingerprint density at radius 1 is 1.37 bits per heavy atom. The van der Waals surface area contributed by atoms with Gasteiger partial charge in [0.2, 0.25) is 0 Å². The summed E-state index contributed by atoms with van der Waals surface area (Å²) in [6.45, 7) is 6.12. The van der Waals surface area contributed by atoms with Gasteiger partial charge < -0.3 is 5.32 Å². The predicted octanol–water partition coefficient (Wildman–Crippen LogP) is 3.10. The molecule has 2 nitrogen and oxygen atoms in total. The van der Waals surface area contributed by atoms with Crippen LogP contribution in [0.4, 0.5) is 8.78 Å². The van der Waals surface area contributed by atoms with E-state index in [-0.39, 0.29) is 11.6 Å². The molecule has 1 fully saturated rings. The van der Waals surface area contributed by atoms with Crippen LogP contribution in [0.25, 0.3) is 0 Å². The van der Waals surface area contributed by atoms with Gasteiger partial charge in [-0.2, -0.15) is 0 Å². The van der Waals surface area contributed by atoms with Crippen LogP contribution in [0.3, 0.4) is 0 Å². The summed E-state index contributed by atoms with van der Waals surface area (Å²) in [6, 6.07) is 4.19. The number of benzene rings is 1. The van der Waals surface area contributed by atoms with Crippen LogP contribution in [0.5, 0.6) is 0 Å². The molecule has 1 aromatic carbocycles. The molecule has 1 aromatic rings. The molecule has 1 N–H and O–H groups in total. The van der Waals surface area contributed by atoms with Crippen molar-refractivity contribution in [1.82, 2.24) is 10.2 Å². The van der Waals surface area contributed by atoms with Crippen LogP contribution in [-0.2, 0) is 0 Å². The first-order valence-corrected chi connectivity index (χ1v) is 6.82. The molecule has 4 heteroatoms. The maximum Gasteiger partial charge on any atom is 0.163 e. The van der Waals surface area contributed by atoms with Gasteiger partial charge in [-0.15, -0.1) is 0 Å². The first-order valence-electron chi connectivity index (χ1n) is 6.82. The Balaban J connectivity index is 2.19. The van der Waals surface area contributed by atoms with Crippen molar-refractivity contribution in [2.24, 2.45) is 0 Å². The van der Waals surface area contributed by atoms with Crippen LogP contribution in [0.2, 0.25) is 0 Å². The summed E-state index contributed by atoms with van der Waals surface area (Å²) < 4.78 is 27.2. The van der Waals surface area contributed by atoms with Gasteiger partial charge in [-0.1, -0.05) is 12.1 Å². The molecule has 0 aromatic heterocycles. The minimum Gasteiger partial charge on any atom is -0.312 e. The number of rotatable bonds is 4. The van der Waals surface area contributed by atoms with Crippen LogP contribution in [0.1, 0.15) is 38.3 Å². The van der Waals surface area contributed by atoms with Crippen molar-refractivity contribution in [2.75, 3.05) is 20.1 Å². The van der Waals surface area contributed by atoms with Crippen LogP contribution in [0.15, 0.2) is 18.2 Å². The molecule has 0 spiro atoms. The van der Waals surface area contributed by atoms with E-state index in [4.69, 9.17) is 0 Å². The van der Waals surface area contributed by atoms with Gasteiger partial charge in [-0.25, -0.2) is 8.78 Å². The maximum absolute atomic E-state index is 13.9. The molecule has 1 aliphatic rings. The molecule has 1 saturated heterocycles. The highest BCUT2D eigenvalue weighted by Crippen LogP contribution is 2.30. The Morgan fingerprint density at radius 3 is 2.68 bits per heavy atom. The smallest absolute Gasteiger partial charge is 0.163 e. The van der Waals surface area contributed by atoms with Crippen LogP contribution in [0, 0.1) is 11.6 Å². The molecule has 0 amide bonds. The third-order valence-electron chi connectivity index (χ3n) is 4.18. The molecule has 0 saturated carbocycles. The van der Waals surface area contributed by atoms with Gasteiger partial charge >= 0.3 is 0 Å². The average molecular weight is 268 g/mol. The fourth-order valence-electron chi connectivity index (χ4n) is 2.86. The second kappa shape index (κ2) is 5.55. The van der Waals surface area contributed by atoms with E-state index in [1.54, 1.807) is 19.2 Å². The zero-order valence-electron chi connectivity index (χ0n) is 11.8. The standard InChI is InChI=1S/C15H22F2N2/c1-15(2)8-5-9-19(15)10-13(18-3)11-6-4-7-12(16)14(11)17/h4,6-7,13,18H,5,8-10H2,1-3H3. The van der Waals surface area contributed by atoms with Crippen LogP contribution < -0.4 is 5.32 Å². The first-order chi connectivity index (χ1) is 8.95. The fourth-order valence-corrected chi connectivity index (χ4v) is 2.86. The zero-order chi connectivity index (χ0) is 14.0.